The van der Waals surface area contributed by atoms with Crippen LogP contribution in [0.15, 0.2) is 0 Å². The van der Waals surface area contributed by atoms with Crippen LogP contribution in [0.4, 0.5) is 0 Å². The number of pyridine rings is 1. The first-order chi connectivity index (χ1) is 14.4. The topological polar surface area (TPSA) is 43.2 Å². The van der Waals surface area contributed by atoms with E-state index in [0.717, 1.165) is 42.5 Å². The summed E-state index contributed by atoms with van der Waals surface area (Å²) in [6.45, 7) is 6.58. The second-order valence-corrected chi connectivity index (χ2v) is 9.94. The van der Waals surface area contributed by atoms with Crippen molar-refractivity contribution in [2.45, 2.75) is 20.1 Å². The van der Waals surface area contributed by atoms with Gasteiger partial charge >= 0.3 is 0 Å². The number of hydrogen-bond acceptors (Lipinski definition) is 5. The van der Waals surface area contributed by atoms with Crippen LogP contribution in [0, 0.1) is 0 Å². The van der Waals surface area contributed by atoms with Gasteiger partial charge in [0.25, 0.3) is 0 Å². The minimum absolute atomic E-state index is 0.158. The highest BCUT2D eigenvalue weighted by atomic mass is 35.5. The van der Waals surface area contributed by atoms with E-state index in [2.05, 4.69) is 14.5 Å². The zero-order valence-corrected chi connectivity index (χ0v) is 20.7. The van der Waals surface area contributed by atoms with Gasteiger partial charge in [-0.2, -0.15) is 11.8 Å². The number of rotatable bonds is 6. The molecule has 1 aromatic carbocycles. The van der Waals surface area contributed by atoms with Crippen molar-refractivity contribution in [3.05, 3.63) is 31.1 Å². The number of nitrogens with zero attached hydrogens (tertiary/aromatic N) is 4. The molecule has 0 unspecified atom stereocenters. The van der Waals surface area contributed by atoms with Crippen molar-refractivity contribution in [2.75, 3.05) is 37.7 Å². The van der Waals surface area contributed by atoms with Gasteiger partial charge in [0.1, 0.15) is 17.9 Å². The standard InChI is InChI=1S/C19H19Cl5N4OS/c1-2-29-9-10-25-17-18(28(10)4-3-27-5-7-30-8-6-27)11-12(20)13(21)14(22)15(23)16(11)26-19(17)24/h2-9H2,1H3. The Bertz CT molecular complexity index is 1100. The molecule has 0 atom stereocenters. The van der Waals surface area contributed by atoms with E-state index in [-0.39, 0.29) is 25.2 Å². The lowest BCUT2D eigenvalue weighted by Gasteiger charge is -2.26. The zero-order valence-electron chi connectivity index (χ0n) is 16.2. The molecule has 2 aromatic heterocycles. The molecule has 0 aliphatic carbocycles. The molecule has 3 aromatic rings. The Morgan fingerprint density at radius 3 is 2.30 bits per heavy atom. The van der Waals surface area contributed by atoms with Crippen molar-refractivity contribution in [1.29, 1.82) is 0 Å². The highest BCUT2D eigenvalue weighted by molar-refractivity contribution is 7.99. The molecule has 162 valence electrons. The fourth-order valence-electron chi connectivity index (χ4n) is 3.60. The van der Waals surface area contributed by atoms with E-state index in [9.17, 15) is 0 Å². The predicted octanol–water partition coefficient (Wildman–Crippen LogP) is 6.44. The summed E-state index contributed by atoms with van der Waals surface area (Å²) in [6, 6.07) is 0. The number of ether oxygens (including phenoxy) is 1. The smallest absolute Gasteiger partial charge is 0.157 e. The van der Waals surface area contributed by atoms with E-state index in [1.54, 1.807) is 0 Å². The molecule has 4 rings (SSSR count). The van der Waals surface area contributed by atoms with Gasteiger partial charge in [0.05, 0.1) is 31.1 Å². The summed E-state index contributed by atoms with van der Waals surface area (Å²) in [6.07, 6.45) is 0. The normalized spacial score (nSPS) is 15.5. The summed E-state index contributed by atoms with van der Waals surface area (Å²) in [7, 11) is 0. The van der Waals surface area contributed by atoms with Gasteiger partial charge in [-0.15, -0.1) is 0 Å². The number of benzene rings is 1. The number of hydrogen-bond donors (Lipinski definition) is 0. The molecule has 3 heterocycles. The van der Waals surface area contributed by atoms with E-state index in [1.165, 1.54) is 0 Å². The number of imidazole rings is 1. The Kier molecular flexibility index (Phi) is 7.48. The molecule has 0 bridgehead atoms. The van der Waals surface area contributed by atoms with E-state index >= 15 is 0 Å². The third-order valence-corrected chi connectivity index (χ3v) is 8.11. The van der Waals surface area contributed by atoms with Gasteiger partial charge in [-0.05, 0) is 6.92 Å². The third-order valence-electron chi connectivity index (χ3n) is 5.11. The first-order valence-corrected chi connectivity index (χ1v) is 12.6. The Morgan fingerprint density at radius 2 is 1.60 bits per heavy atom. The van der Waals surface area contributed by atoms with Crippen LogP contribution >= 0.6 is 69.8 Å². The number of thioether (sulfide) groups is 1. The Balaban J connectivity index is 1.93. The number of halogens is 5. The molecule has 1 aliphatic rings. The quantitative estimate of drug-likeness (QED) is 0.209. The summed E-state index contributed by atoms with van der Waals surface area (Å²) in [5.41, 5.74) is 1.70. The molecule has 30 heavy (non-hydrogen) atoms. The molecular formula is C19H19Cl5N4OS. The Hall–Kier alpha value is -0.180. The van der Waals surface area contributed by atoms with Crippen molar-refractivity contribution in [3.63, 3.8) is 0 Å². The van der Waals surface area contributed by atoms with E-state index in [4.69, 9.17) is 67.7 Å². The summed E-state index contributed by atoms with van der Waals surface area (Å²) in [4.78, 5) is 11.6. The highest BCUT2D eigenvalue weighted by Crippen LogP contribution is 2.45. The lowest BCUT2D eigenvalue weighted by atomic mass is 10.2. The van der Waals surface area contributed by atoms with Crippen LogP contribution in [0.5, 0.6) is 0 Å². The molecule has 1 saturated heterocycles. The fraction of sp³-hybridized carbons (Fsp3) is 0.474. The van der Waals surface area contributed by atoms with Crippen molar-refractivity contribution in [3.8, 4) is 0 Å². The van der Waals surface area contributed by atoms with Gasteiger partial charge in [-0.1, -0.05) is 58.0 Å². The molecule has 5 nitrogen and oxygen atoms in total. The maximum Gasteiger partial charge on any atom is 0.157 e. The minimum atomic E-state index is 0.158. The maximum absolute atomic E-state index is 6.63. The average molecular weight is 529 g/mol. The molecule has 0 radical (unpaired) electrons. The van der Waals surface area contributed by atoms with Crippen LogP contribution in [0.1, 0.15) is 12.7 Å². The number of aromatic nitrogens is 3. The summed E-state index contributed by atoms with van der Waals surface area (Å²) >= 11 is 34.2. The molecule has 0 saturated carbocycles. The number of fused-ring (bicyclic) bond motifs is 3. The van der Waals surface area contributed by atoms with E-state index in [0.29, 0.717) is 36.2 Å². The zero-order chi connectivity index (χ0) is 21.4. The average Bonchev–Trinajstić information content (AvgIpc) is 3.12. The SMILES string of the molecule is CCOCc1nc2c(Cl)nc3c(Cl)c(Cl)c(Cl)c(Cl)c3c2n1CCN1CCSCC1. The van der Waals surface area contributed by atoms with Crippen LogP contribution in [-0.4, -0.2) is 57.2 Å². The van der Waals surface area contributed by atoms with Crippen molar-refractivity contribution >= 4 is 91.7 Å². The van der Waals surface area contributed by atoms with Crippen molar-refractivity contribution in [1.82, 2.24) is 19.4 Å². The minimum Gasteiger partial charge on any atom is -0.374 e. The van der Waals surface area contributed by atoms with E-state index in [1.807, 2.05) is 18.7 Å². The monoisotopic (exact) mass is 526 g/mol. The summed E-state index contributed by atoms with van der Waals surface area (Å²) < 4.78 is 7.75. The largest absolute Gasteiger partial charge is 0.374 e. The van der Waals surface area contributed by atoms with Crippen LogP contribution in [-0.2, 0) is 17.9 Å². The first kappa shape index (κ1) is 23.0. The van der Waals surface area contributed by atoms with Crippen LogP contribution in [0.2, 0.25) is 25.2 Å². The van der Waals surface area contributed by atoms with Gasteiger partial charge in [0.15, 0.2) is 5.15 Å². The van der Waals surface area contributed by atoms with Gasteiger partial charge in [0.2, 0.25) is 0 Å². The summed E-state index contributed by atoms with van der Waals surface area (Å²) in [5.74, 6) is 3.04. The molecular weight excluding hydrogens is 510 g/mol. The van der Waals surface area contributed by atoms with Crippen LogP contribution < -0.4 is 0 Å². The van der Waals surface area contributed by atoms with Crippen molar-refractivity contribution < 1.29 is 4.74 Å². The molecule has 1 fully saturated rings. The highest BCUT2D eigenvalue weighted by Gasteiger charge is 2.25. The fourth-order valence-corrected chi connectivity index (χ4v) is 5.77. The molecule has 1 aliphatic heterocycles. The van der Waals surface area contributed by atoms with Gasteiger partial charge in [0, 0.05) is 49.7 Å². The molecule has 0 spiro atoms. The van der Waals surface area contributed by atoms with Gasteiger partial charge < -0.3 is 9.30 Å². The lowest BCUT2D eigenvalue weighted by Crippen LogP contribution is -2.35. The Morgan fingerprint density at radius 1 is 0.900 bits per heavy atom. The van der Waals surface area contributed by atoms with Gasteiger partial charge in [-0.25, -0.2) is 9.97 Å². The molecule has 0 amide bonds. The lowest BCUT2D eigenvalue weighted by molar-refractivity contribution is 0.125. The van der Waals surface area contributed by atoms with Crippen LogP contribution in [0.3, 0.4) is 0 Å². The van der Waals surface area contributed by atoms with Crippen LogP contribution in [0.25, 0.3) is 21.9 Å². The predicted molar refractivity (Wildman–Crippen MR) is 129 cm³/mol. The summed E-state index contributed by atoms with van der Waals surface area (Å²) in [5, 5.41) is 1.68. The third kappa shape index (κ3) is 4.23. The van der Waals surface area contributed by atoms with Gasteiger partial charge in [-0.3, -0.25) is 4.90 Å². The molecule has 0 N–H and O–H groups in total. The molecule has 11 heteroatoms. The second kappa shape index (κ2) is 9.75. The maximum atomic E-state index is 6.63. The van der Waals surface area contributed by atoms with E-state index < -0.39 is 0 Å². The first-order valence-electron chi connectivity index (χ1n) is 9.52. The Labute approximate surface area is 203 Å². The second-order valence-electron chi connectivity index (χ2n) is 6.85. The van der Waals surface area contributed by atoms with Crippen molar-refractivity contribution in [2.24, 2.45) is 0 Å².